The third kappa shape index (κ3) is 5.90. The van der Waals surface area contributed by atoms with Crippen molar-refractivity contribution in [3.8, 4) is 0 Å². The fourth-order valence-electron chi connectivity index (χ4n) is 2.48. The molecule has 0 spiro atoms. The van der Waals surface area contributed by atoms with E-state index in [1.54, 1.807) is 12.1 Å². The number of rotatable bonds is 6. The molecule has 2 aromatic carbocycles. The number of thiazole rings is 1. The number of nitrogens with zero attached hydrogens (tertiary/aromatic N) is 1. The molecule has 0 atom stereocenters. The second-order valence-electron chi connectivity index (χ2n) is 6.10. The van der Waals surface area contributed by atoms with Crippen LogP contribution >= 0.6 is 27.3 Å². The van der Waals surface area contributed by atoms with E-state index in [2.05, 4.69) is 36.9 Å². The summed E-state index contributed by atoms with van der Waals surface area (Å²) in [7, 11) is 0. The molecule has 8 heteroatoms. The molecule has 0 aliphatic heterocycles. The van der Waals surface area contributed by atoms with Crippen molar-refractivity contribution in [3.05, 3.63) is 69.6 Å². The van der Waals surface area contributed by atoms with E-state index in [1.807, 2.05) is 48.7 Å². The van der Waals surface area contributed by atoms with Gasteiger partial charge in [0.05, 0.1) is 5.69 Å². The maximum atomic E-state index is 12.2. The molecule has 1 aromatic heterocycles. The van der Waals surface area contributed by atoms with Crippen LogP contribution in [0.3, 0.4) is 0 Å². The number of aryl methyl sites for hydroxylation is 2. The van der Waals surface area contributed by atoms with Gasteiger partial charge in [0.2, 0.25) is 5.91 Å². The van der Waals surface area contributed by atoms with Gasteiger partial charge in [-0.2, -0.15) is 0 Å². The second-order valence-corrected chi connectivity index (χ2v) is 7.87. The van der Waals surface area contributed by atoms with E-state index in [1.165, 1.54) is 11.3 Å². The molecule has 0 aliphatic rings. The molecule has 144 valence electrons. The lowest BCUT2D eigenvalue weighted by Crippen LogP contribution is -2.19. The van der Waals surface area contributed by atoms with Gasteiger partial charge < -0.3 is 10.6 Å². The van der Waals surface area contributed by atoms with Crippen molar-refractivity contribution < 1.29 is 9.59 Å². The van der Waals surface area contributed by atoms with Gasteiger partial charge in [-0.15, -0.1) is 11.3 Å². The van der Waals surface area contributed by atoms with Crippen LogP contribution in [-0.2, 0) is 11.2 Å². The summed E-state index contributed by atoms with van der Waals surface area (Å²) in [6, 6.07) is 14.5. The lowest BCUT2D eigenvalue weighted by molar-refractivity contribution is -0.116. The van der Waals surface area contributed by atoms with Gasteiger partial charge in [-0.25, -0.2) is 9.78 Å². The molecule has 0 saturated heterocycles. The van der Waals surface area contributed by atoms with Crippen molar-refractivity contribution in [2.45, 2.75) is 19.8 Å². The molecule has 28 heavy (non-hydrogen) atoms. The number of nitrogens with one attached hydrogen (secondary N) is 3. The van der Waals surface area contributed by atoms with Crippen LogP contribution in [-0.4, -0.2) is 16.9 Å². The molecule has 0 fully saturated rings. The molecule has 3 amide bonds. The lowest BCUT2D eigenvalue weighted by atomic mass is 10.2. The summed E-state index contributed by atoms with van der Waals surface area (Å²) in [6.07, 6.45) is 0.814. The Bertz CT molecular complexity index is 975. The SMILES string of the molecule is Cc1cc(Br)ccc1NC(=O)CCc1csc(NC(=O)Nc2ccccc2)n1. The first-order chi connectivity index (χ1) is 13.5. The highest BCUT2D eigenvalue weighted by molar-refractivity contribution is 9.10. The highest BCUT2D eigenvalue weighted by Gasteiger charge is 2.10. The van der Waals surface area contributed by atoms with Crippen LogP contribution in [0.4, 0.5) is 21.3 Å². The Balaban J connectivity index is 1.47. The zero-order valence-corrected chi connectivity index (χ0v) is 17.6. The van der Waals surface area contributed by atoms with E-state index in [-0.39, 0.29) is 11.9 Å². The number of carbonyl (C=O) groups is 2. The first kappa shape index (κ1) is 20.0. The monoisotopic (exact) mass is 458 g/mol. The van der Waals surface area contributed by atoms with Crippen LogP contribution in [0.15, 0.2) is 58.4 Å². The van der Waals surface area contributed by atoms with Gasteiger partial charge in [0, 0.05) is 27.6 Å². The van der Waals surface area contributed by atoms with Crippen LogP contribution in [0.5, 0.6) is 0 Å². The molecular weight excluding hydrogens is 440 g/mol. The normalized spacial score (nSPS) is 10.4. The van der Waals surface area contributed by atoms with Crippen molar-refractivity contribution in [2.24, 2.45) is 0 Å². The fourth-order valence-corrected chi connectivity index (χ4v) is 3.70. The third-order valence-electron chi connectivity index (χ3n) is 3.87. The van der Waals surface area contributed by atoms with Gasteiger partial charge in [-0.3, -0.25) is 10.1 Å². The third-order valence-corrected chi connectivity index (χ3v) is 5.17. The fraction of sp³-hybridized carbons (Fsp3) is 0.150. The lowest BCUT2D eigenvalue weighted by Gasteiger charge is -2.08. The van der Waals surface area contributed by atoms with Gasteiger partial charge in [0.15, 0.2) is 5.13 Å². The number of para-hydroxylation sites is 1. The van der Waals surface area contributed by atoms with E-state index in [0.29, 0.717) is 23.7 Å². The van der Waals surface area contributed by atoms with E-state index in [4.69, 9.17) is 0 Å². The first-order valence-corrected chi connectivity index (χ1v) is 10.3. The molecule has 3 N–H and O–H groups in total. The van der Waals surface area contributed by atoms with Crippen LogP contribution in [0.2, 0.25) is 0 Å². The predicted octanol–water partition coefficient (Wildman–Crippen LogP) is 5.43. The highest BCUT2D eigenvalue weighted by atomic mass is 79.9. The van der Waals surface area contributed by atoms with Gasteiger partial charge in [0.1, 0.15) is 0 Å². The van der Waals surface area contributed by atoms with Crippen LogP contribution in [0, 0.1) is 6.92 Å². The molecule has 0 radical (unpaired) electrons. The minimum absolute atomic E-state index is 0.0743. The molecule has 6 nitrogen and oxygen atoms in total. The Morgan fingerprint density at radius 2 is 1.86 bits per heavy atom. The standard InChI is InChI=1S/C20H19BrN4O2S/c1-13-11-14(21)7-9-17(13)24-18(26)10-8-16-12-28-20(23-16)25-19(27)22-15-5-3-2-4-6-15/h2-7,9,11-12H,8,10H2,1H3,(H,24,26)(H2,22,23,25,27). The van der Waals surface area contributed by atoms with Crippen molar-refractivity contribution in [2.75, 3.05) is 16.0 Å². The zero-order chi connectivity index (χ0) is 19.9. The topological polar surface area (TPSA) is 83.1 Å². The molecule has 0 bridgehead atoms. The number of carbonyl (C=O) groups excluding carboxylic acids is 2. The number of hydrogen-bond donors (Lipinski definition) is 3. The Kier molecular flexibility index (Phi) is 6.78. The number of aromatic nitrogens is 1. The molecule has 0 unspecified atom stereocenters. The van der Waals surface area contributed by atoms with E-state index in [9.17, 15) is 9.59 Å². The van der Waals surface area contributed by atoms with Crippen molar-refractivity contribution in [3.63, 3.8) is 0 Å². The number of benzene rings is 2. The van der Waals surface area contributed by atoms with Crippen LogP contribution in [0.1, 0.15) is 17.7 Å². The minimum atomic E-state index is -0.351. The molecular formula is C20H19BrN4O2S. The summed E-state index contributed by atoms with van der Waals surface area (Å²) in [4.78, 5) is 28.5. The van der Waals surface area contributed by atoms with E-state index >= 15 is 0 Å². The average molecular weight is 459 g/mol. The Morgan fingerprint density at radius 1 is 1.07 bits per heavy atom. The summed E-state index contributed by atoms with van der Waals surface area (Å²) in [5.74, 6) is -0.0743. The van der Waals surface area contributed by atoms with E-state index < -0.39 is 0 Å². The van der Waals surface area contributed by atoms with Gasteiger partial charge in [-0.1, -0.05) is 34.1 Å². The number of amides is 3. The molecule has 3 rings (SSSR count). The van der Waals surface area contributed by atoms with Gasteiger partial charge in [0.25, 0.3) is 0 Å². The van der Waals surface area contributed by atoms with Crippen molar-refractivity contribution in [1.82, 2.24) is 4.98 Å². The van der Waals surface area contributed by atoms with Crippen LogP contribution < -0.4 is 16.0 Å². The molecule has 1 heterocycles. The quantitative estimate of drug-likeness (QED) is 0.460. The van der Waals surface area contributed by atoms with Crippen molar-refractivity contribution in [1.29, 1.82) is 0 Å². The minimum Gasteiger partial charge on any atom is -0.326 e. The Labute approximate surface area is 175 Å². The Hall–Kier alpha value is -2.71. The smallest absolute Gasteiger partial charge is 0.325 e. The maximum absolute atomic E-state index is 12.2. The second kappa shape index (κ2) is 9.48. The van der Waals surface area contributed by atoms with Crippen LogP contribution in [0.25, 0.3) is 0 Å². The molecule has 3 aromatic rings. The summed E-state index contributed by atoms with van der Waals surface area (Å²) >= 11 is 4.74. The average Bonchev–Trinajstić information content (AvgIpc) is 3.10. The summed E-state index contributed by atoms with van der Waals surface area (Å²) < 4.78 is 0.974. The summed E-state index contributed by atoms with van der Waals surface area (Å²) in [5, 5.41) is 10.7. The van der Waals surface area contributed by atoms with Crippen molar-refractivity contribution >= 4 is 55.7 Å². The summed E-state index contributed by atoms with van der Waals surface area (Å²) in [5.41, 5.74) is 3.26. The Morgan fingerprint density at radius 3 is 2.61 bits per heavy atom. The molecule has 0 aliphatic carbocycles. The summed E-state index contributed by atoms with van der Waals surface area (Å²) in [6.45, 7) is 1.94. The maximum Gasteiger partial charge on any atom is 0.325 e. The predicted molar refractivity (Wildman–Crippen MR) is 117 cm³/mol. The molecule has 0 saturated carbocycles. The number of urea groups is 1. The van der Waals surface area contributed by atoms with Gasteiger partial charge >= 0.3 is 6.03 Å². The number of anilines is 3. The zero-order valence-electron chi connectivity index (χ0n) is 15.2. The van der Waals surface area contributed by atoms with E-state index in [0.717, 1.165) is 21.4 Å². The first-order valence-electron chi connectivity index (χ1n) is 8.63. The largest absolute Gasteiger partial charge is 0.326 e. The highest BCUT2D eigenvalue weighted by Crippen LogP contribution is 2.21. The van der Waals surface area contributed by atoms with Gasteiger partial charge in [-0.05, 0) is 49.2 Å². The number of halogens is 1. The number of hydrogen-bond acceptors (Lipinski definition) is 4.